The van der Waals surface area contributed by atoms with E-state index in [2.05, 4.69) is 47.8 Å². The molecule has 0 bridgehead atoms. The number of halogens is 3. The summed E-state index contributed by atoms with van der Waals surface area (Å²) in [6, 6.07) is 11.3. The van der Waals surface area contributed by atoms with Gasteiger partial charge in [0.25, 0.3) is 0 Å². The maximum absolute atomic E-state index is 12.1. The average Bonchev–Trinajstić information content (AvgIpc) is 2.40. The monoisotopic (exact) mass is 468 g/mol. The average molecular weight is 471 g/mol. The molecule has 0 spiro atoms. The summed E-state index contributed by atoms with van der Waals surface area (Å²) in [6.45, 7) is 0. The summed E-state index contributed by atoms with van der Waals surface area (Å²) in [6.07, 6.45) is 0. The largest absolute Gasteiger partial charge is 0.378 e. The van der Waals surface area contributed by atoms with E-state index < -0.39 is 10.1 Å². The highest BCUT2D eigenvalue weighted by molar-refractivity contribution is 9.14. The molecule has 0 aliphatic heterocycles. The molecule has 2 aromatic rings. The van der Waals surface area contributed by atoms with E-state index in [-0.39, 0.29) is 10.6 Å². The molecule has 0 heterocycles. The first-order chi connectivity index (χ1) is 8.92. The minimum atomic E-state index is -3.83. The van der Waals surface area contributed by atoms with Gasteiger partial charge >= 0.3 is 10.1 Å². The van der Waals surface area contributed by atoms with Crippen LogP contribution in [0.15, 0.2) is 60.8 Å². The van der Waals surface area contributed by atoms with Gasteiger partial charge in [0.05, 0.1) is 4.47 Å². The summed E-state index contributed by atoms with van der Waals surface area (Å²) in [5, 5.41) is 0. The lowest BCUT2D eigenvalue weighted by Gasteiger charge is -2.10. The van der Waals surface area contributed by atoms with Gasteiger partial charge in [0.1, 0.15) is 4.90 Å². The normalized spacial score (nSPS) is 11.3. The van der Waals surface area contributed by atoms with Crippen LogP contribution in [0.5, 0.6) is 5.75 Å². The molecule has 2 aromatic carbocycles. The highest BCUT2D eigenvalue weighted by Crippen LogP contribution is 2.38. The zero-order chi connectivity index (χ0) is 14.0. The number of hydrogen-bond acceptors (Lipinski definition) is 3. The number of benzene rings is 2. The van der Waals surface area contributed by atoms with E-state index in [4.69, 9.17) is 4.18 Å². The van der Waals surface area contributed by atoms with Gasteiger partial charge in [-0.15, -0.1) is 0 Å². The van der Waals surface area contributed by atoms with Crippen molar-refractivity contribution in [1.82, 2.24) is 0 Å². The number of hydrogen-bond donors (Lipinski definition) is 0. The molecule has 0 aliphatic rings. The molecule has 0 fully saturated rings. The Morgan fingerprint density at radius 2 is 1.47 bits per heavy atom. The summed E-state index contributed by atoms with van der Waals surface area (Å²) < 4.78 is 31.3. The number of rotatable bonds is 3. The fourth-order valence-corrected chi connectivity index (χ4v) is 3.75. The van der Waals surface area contributed by atoms with Gasteiger partial charge in [0.15, 0.2) is 5.75 Å². The summed E-state index contributed by atoms with van der Waals surface area (Å²) in [5.41, 5.74) is 0. The van der Waals surface area contributed by atoms with Crippen LogP contribution < -0.4 is 4.18 Å². The fourth-order valence-electron chi connectivity index (χ4n) is 1.33. The molecule has 100 valence electrons. The lowest BCUT2D eigenvalue weighted by Crippen LogP contribution is -2.10. The van der Waals surface area contributed by atoms with E-state index in [0.29, 0.717) is 8.95 Å². The van der Waals surface area contributed by atoms with Crippen molar-refractivity contribution in [1.29, 1.82) is 0 Å². The van der Waals surface area contributed by atoms with Gasteiger partial charge in [-0.3, -0.25) is 0 Å². The Labute approximate surface area is 136 Å². The SMILES string of the molecule is O=S(=O)(Oc1ccc(Br)c(Br)c1Br)c1ccccc1. The van der Waals surface area contributed by atoms with Crippen LogP contribution in [0.3, 0.4) is 0 Å². The topological polar surface area (TPSA) is 43.4 Å². The molecule has 2 rings (SSSR count). The molecule has 0 saturated heterocycles. The van der Waals surface area contributed by atoms with Crippen molar-refractivity contribution in [2.24, 2.45) is 0 Å². The van der Waals surface area contributed by atoms with Crippen LogP contribution in [0.2, 0.25) is 0 Å². The van der Waals surface area contributed by atoms with Gasteiger partial charge in [0, 0.05) is 8.95 Å². The molecule has 0 aliphatic carbocycles. The molecule has 0 saturated carbocycles. The third-order valence-corrected chi connectivity index (χ3v) is 6.82. The zero-order valence-electron chi connectivity index (χ0n) is 9.31. The lowest BCUT2D eigenvalue weighted by molar-refractivity contribution is 0.484. The summed E-state index contributed by atoms with van der Waals surface area (Å²) in [5.74, 6) is 0.221. The predicted octanol–water partition coefficient (Wildman–Crippen LogP) is 4.74. The van der Waals surface area contributed by atoms with Crippen LogP contribution in [0.25, 0.3) is 0 Å². The molecule has 0 N–H and O–H groups in total. The molecule has 0 atom stereocenters. The Morgan fingerprint density at radius 1 is 0.842 bits per heavy atom. The smallest absolute Gasteiger partial charge is 0.339 e. The molecule has 0 unspecified atom stereocenters. The van der Waals surface area contributed by atoms with Gasteiger partial charge in [-0.05, 0) is 72.1 Å². The van der Waals surface area contributed by atoms with Crippen LogP contribution in [-0.2, 0) is 10.1 Å². The Hall–Kier alpha value is -0.370. The Morgan fingerprint density at radius 3 is 2.11 bits per heavy atom. The summed E-state index contributed by atoms with van der Waals surface area (Å²) in [4.78, 5) is 0.112. The second-order valence-electron chi connectivity index (χ2n) is 3.52. The highest BCUT2D eigenvalue weighted by Gasteiger charge is 2.19. The Bertz CT molecular complexity index is 700. The molecule has 0 amide bonds. The van der Waals surface area contributed by atoms with E-state index in [0.717, 1.165) is 4.47 Å². The third-order valence-electron chi connectivity index (χ3n) is 2.23. The van der Waals surface area contributed by atoms with E-state index in [9.17, 15) is 8.42 Å². The summed E-state index contributed by atoms with van der Waals surface area (Å²) >= 11 is 9.94. The zero-order valence-corrected chi connectivity index (χ0v) is 14.9. The van der Waals surface area contributed by atoms with Crippen molar-refractivity contribution < 1.29 is 12.6 Å². The second kappa shape index (κ2) is 5.95. The quantitative estimate of drug-likeness (QED) is 0.480. The first-order valence-corrected chi connectivity index (χ1v) is 8.83. The minimum absolute atomic E-state index is 0.112. The van der Waals surface area contributed by atoms with E-state index in [1.165, 1.54) is 12.1 Å². The van der Waals surface area contributed by atoms with E-state index in [1.807, 2.05) is 0 Å². The predicted molar refractivity (Wildman–Crippen MR) is 83.8 cm³/mol. The van der Waals surface area contributed by atoms with Gasteiger partial charge in [-0.25, -0.2) is 0 Å². The third kappa shape index (κ3) is 3.39. The van der Waals surface area contributed by atoms with Crippen LogP contribution in [0.4, 0.5) is 0 Å². The molecular weight excluding hydrogens is 464 g/mol. The van der Waals surface area contributed by atoms with Crippen LogP contribution >= 0.6 is 47.8 Å². The summed E-state index contributed by atoms with van der Waals surface area (Å²) in [7, 11) is -3.83. The van der Waals surface area contributed by atoms with Gasteiger partial charge in [-0.1, -0.05) is 18.2 Å². The second-order valence-corrected chi connectivity index (χ2v) is 7.51. The van der Waals surface area contributed by atoms with E-state index in [1.54, 1.807) is 30.3 Å². The Balaban J connectivity index is 2.40. The van der Waals surface area contributed by atoms with E-state index >= 15 is 0 Å². The Kier molecular flexibility index (Phi) is 4.70. The van der Waals surface area contributed by atoms with Crippen molar-refractivity contribution in [3.8, 4) is 5.75 Å². The van der Waals surface area contributed by atoms with Crippen molar-refractivity contribution >= 4 is 57.9 Å². The van der Waals surface area contributed by atoms with Gasteiger partial charge < -0.3 is 4.18 Å². The van der Waals surface area contributed by atoms with Crippen LogP contribution in [0, 0.1) is 0 Å². The van der Waals surface area contributed by atoms with Gasteiger partial charge in [-0.2, -0.15) is 8.42 Å². The van der Waals surface area contributed by atoms with Crippen molar-refractivity contribution in [3.05, 3.63) is 55.9 Å². The highest BCUT2D eigenvalue weighted by atomic mass is 79.9. The molecule has 3 nitrogen and oxygen atoms in total. The molecule has 7 heteroatoms. The molecule has 19 heavy (non-hydrogen) atoms. The fraction of sp³-hybridized carbons (Fsp3) is 0. The van der Waals surface area contributed by atoms with Gasteiger partial charge in [0.2, 0.25) is 0 Å². The first kappa shape index (κ1) is 15.0. The van der Waals surface area contributed by atoms with Crippen molar-refractivity contribution in [2.45, 2.75) is 4.90 Å². The minimum Gasteiger partial charge on any atom is -0.378 e. The standard InChI is InChI=1S/C12H7Br3O3S/c13-9-6-7-10(12(15)11(9)14)18-19(16,17)8-4-2-1-3-5-8/h1-7H. The maximum atomic E-state index is 12.1. The molecule has 0 radical (unpaired) electrons. The molecular formula is C12H7Br3O3S. The molecule has 0 aromatic heterocycles. The van der Waals surface area contributed by atoms with Crippen molar-refractivity contribution in [3.63, 3.8) is 0 Å². The lowest BCUT2D eigenvalue weighted by atomic mass is 10.3. The van der Waals surface area contributed by atoms with Crippen LogP contribution in [-0.4, -0.2) is 8.42 Å². The van der Waals surface area contributed by atoms with Crippen LogP contribution in [0.1, 0.15) is 0 Å². The van der Waals surface area contributed by atoms with Crippen molar-refractivity contribution in [2.75, 3.05) is 0 Å². The first-order valence-electron chi connectivity index (χ1n) is 5.05. The maximum Gasteiger partial charge on any atom is 0.339 e.